The smallest absolute Gasteiger partial charge is 0.224 e. The van der Waals surface area contributed by atoms with Crippen LogP contribution in [0.3, 0.4) is 0 Å². The minimum atomic E-state index is -0.101. The lowest BCUT2D eigenvalue weighted by molar-refractivity contribution is -0.643. The van der Waals surface area contributed by atoms with Gasteiger partial charge in [0.1, 0.15) is 12.9 Å². The molecule has 0 aliphatic rings. The van der Waals surface area contributed by atoms with Crippen LogP contribution in [0.1, 0.15) is 16.7 Å². The number of para-hydroxylation sites is 1. The van der Waals surface area contributed by atoms with Gasteiger partial charge >= 0.3 is 0 Å². The maximum Gasteiger partial charge on any atom is 0.224 e. The van der Waals surface area contributed by atoms with E-state index in [0.29, 0.717) is 5.56 Å². The van der Waals surface area contributed by atoms with Crippen molar-refractivity contribution >= 4 is 49.0 Å². The third-order valence-electron chi connectivity index (χ3n) is 6.58. The molecule has 0 aliphatic heterocycles. The fourth-order valence-corrected chi connectivity index (χ4v) is 5.11. The Bertz CT molecular complexity index is 1600. The van der Waals surface area contributed by atoms with E-state index in [1.807, 2.05) is 20.8 Å². The van der Waals surface area contributed by atoms with Gasteiger partial charge in [0.2, 0.25) is 5.52 Å². The first-order chi connectivity index (χ1) is 13.5. The van der Waals surface area contributed by atoms with E-state index in [-0.39, 0.29) is 5.82 Å². The maximum atomic E-state index is 15.2. The van der Waals surface area contributed by atoms with Crippen molar-refractivity contribution in [2.45, 2.75) is 20.8 Å². The molecule has 2 nitrogen and oxygen atoms in total. The van der Waals surface area contributed by atoms with Crippen LogP contribution in [-0.4, -0.2) is 4.40 Å². The standard InChI is InChI=1S/C25H20FN2/c1-13-14(2)22(26)15(3)23-20(13)25-21-16(11-12-27(25)4)9-10-18-17-7-5-6-8-19(17)28(23)24(18)21/h5-12H,1-4H3/q+1. The summed E-state index contributed by atoms with van der Waals surface area (Å²) in [6.45, 7) is 5.85. The topological polar surface area (TPSA) is 8.29 Å². The highest BCUT2D eigenvalue weighted by Gasteiger charge is 2.26. The molecule has 0 aliphatic carbocycles. The van der Waals surface area contributed by atoms with Gasteiger partial charge in [-0.25, -0.2) is 8.96 Å². The predicted molar refractivity (Wildman–Crippen MR) is 114 cm³/mol. The monoisotopic (exact) mass is 367 g/mol. The number of fused-ring (bicyclic) bond motifs is 6. The molecular formula is C25H20FN2+. The molecule has 0 atom stereocenters. The zero-order valence-corrected chi connectivity index (χ0v) is 16.4. The number of hydrogen-bond donors (Lipinski definition) is 0. The number of benzene rings is 3. The molecule has 0 spiro atoms. The molecule has 0 saturated carbocycles. The molecule has 3 aromatic heterocycles. The van der Waals surface area contributed by atoms with E-state index in [1.165, 1.54) is 32.6 Å². The lowest BCUT2D eigenvalue weighted by Crippen LogP contribution is -2.29. The molecule has 0 radical (unpaired) electrons. The summed E-state index contributed by atoms with van der Waals surface area (Å²) in [6, 6.07) is 15.0. The number of pyridine rings is 2. The van der Waals surface area contributed by atoms with Gasteiger partial charge < -0.3 is 4.40 Å². The van der Waals surface area contributed by atoms with Crippen molar-refractivity contribution in [3.8, 4) is 0 Å². The molecule has 0 saturated heterocycles. The summed E-state index contributed by atoms with van der Waals surface area (Å²) in [4.78, 5) is 0. The summed E-state index contributed by atoms with van der Waals surface area (Å²) in [6.07, 6.45) is 2.11. The summed E-state index contributed by atoms with van der Waals surface area (Å²) in [5, 5.41) is 6.04. The summed E-state index contributed by atoms with van der Waals surface area (Å²) >= 11 is 0. The highest BCUT2D eigenvalue weighted by molar-refractivity contribution is 6.27. The van der Waals surface area contributed by atoms with Gasteiger partial charge in [0, 0.05) is 22.4 Å². The van der Waals surface area contributed by atoms with E-state index in [2.05, 4.69) is 64.7 Å². The Balaban J connectivity index is 2.19. The Hall–Kier alpha value is -3.20. The van der Waals surface area contributed by atoms with Gasteiger partial charge in [-0.2, -0.15) is 0 Å². The fraction of sp³-hybridized carbons (Fsp3) is 0.160. The summed E-state index contributed by atoms with van der Waals surface area (Å²) in [5.74, 6) is -0.101. The fourth-order valence-electron chi connectivity index (χ4n) is 5.11. The van der Waals surface area contributed by atoms with Crippen LogP contribution >= 0.6 is 0 Å². The van der Waals surface area contributed by atoms with E-state index in [1.54, 1.807) is 0 Å². The molecule has 0 amide bonds. The average Bonchev–Trinajstić information content (AvgIpc) is 3.05. The quantitative estimate of drug-likeness (QED) is 0.180. The van der Waals surface area contributed by atoms with Crippen molar-refractivity contribution in [3.63, 3.8) is 0 Å². The second kappa shape index (κ2) is 4.99. The minimum absolute atomic E-state index is 0.101. The van der Waals surface area contributed by atoms with Crippen molar-refractivity contribution in [2.75, 3.05) is 0 Å². The Morgan fingerprint density at radius 1 is 0.786 bits per heavy atom. The molecule has 0 bridgehead atoms. The zero-order valence-electron chi connectivity index (χ0n) is 16.4. The van der Waals surface area contributed by atoms with Gasteiger partial charge in [-0.3, -0.25) is 0 Å². The van der Waals surface area contributed by atoms with Gasteiger partial charge in [0.25, 0.3) is 0 Å². The molecule has 0 unspecified atom stereocenters. The van der Waals surface area contributed by atoms with Crippen molar-refractivity contribution in [2.24, 2.45) is 7.05 Å². The third-order valence-corrected chi connectivity index (χ3v) is 6.58. The highest BCUT2D eigenvalue weighted by Crippen LogP contribution is 2.42. The van der Waals surface area contributed by atoms with Crippen LogP contribution in [0, 0.1) is 26.6 Å². The molecule has 136 valence electrons. The van der Waals surface area contributed by atoms with E-state index in [0.717, 1.165) is 27.5 Å². The average molecular weight is 367 g/mol. The number of aryl methyl sites for hydroxylation is 3. The van der Waals surface area contributed by atoms with Crippen LogP contribution in [0.15, 0.2) is 48.7 Å². The van der Waals surface area contributed by atoms with Gasteiger partial charge in [0.15, 0.2) is 6.20 Å². The molecule has 0 fully saturated rings. The molecule has 3 heteroatoms. The highest BCUT2D eigenvalue weighted by atomic mass is 19.1. The van der Waals surface area contributed by atoms with E-state index in [4.69, 9.17) is 0 Å². The lowest BCUT2D eigenvalue weighted by Gasteiger charge is -2.17. The maximum absolute atomic E-state index is 15.2. The molecule has 3 aromatic carbocycles. The summed E-state index contributed by atoms with van der Waals surface area (Å²) < 4.78 is 19.7. The zero-order chi connectivity index (χ0) is 19.3. The van der Waals surface area contributed by atoms with Gasteiger partial charge in [-0.1, -0.05) is 30.3 Å². The number of nitrogens with zero attached hydrogens (tertiary/aromatic N) is 2. The van der Waals surface area contributed by atoms with Crippen LogP contribution < -0.4 is 4.57 Å². The Kier molecular flexibility index (Phi) is 2.82. The van der Waals surface area contributed by atoms with Gasteiger partial charge in [-0.05, 0) is 43.4 Å². The van der Waals surface area contributed by atoms with Gasteiger partial charge in [0.05, 0.1) is 27.3 Å². The van der Waals surface area contributed by atoms with Crippen LogP contribution in [0.2, 0.25) is 0 Å². The summed E-state index contributed by atoms with van der Waals surface area (Å²) in [5.41, 5.74) is 6.94. The first-order valence-electron chi connectivity index (χ1n) is 9.65. The number of hydrogen-bond acceptors (Lipinski definition) is 0. The van der Waals surface area contributed by atoms with E-state index < -0.39 is 0 Å². The Morgan fingerprint density at radius 2 is 1.57 bits per heavy atom. The lowest BCUT2D eigenvalue weighted by atomic mass is 9.95. The Labute approximate surface area is 161 Å². The number of aromatic nitrogens is 2. The summed E-state index contributed by atoms with van der Waals surface area (Å²) in [7, 11) is 2.09. The molecule has 3 heterocycles. The number of rotatable bonds is 0. The minimum Gasteiger partial charge on any atom is -0.307 e. The molecule has 6 aromatic rings. The first kappa shape index (κ1) is 15.8. The van der Waals surface area contributed by atoms with Crippen LogP contribution in [0.4, 0.5) is 4.39 Å². The number of halogens is 1. The van der Waals surface area contributed by atoms with Gasteiger partial charge in [-0.15, -0.1) is 0 Å². The van der Waals surface area contributed by atoms with Crippen LogP contribution in [0.5, 0.6) is 0 Å². The first-order valence-corrected chi connectivity index (χ1v) is 9.65. The van der Waals surface area contributed by atoms with Crippen molar-refractivity contribution in [1.82, 2.24) is 4.40 Å². The van der Waals surface area contributed by atoms with Crippen LogP contribution in [-0.2, 0) is 7.05 Å². The normalized spacial score (nSPS) is 12.5. The van der Waals surface area contributed by atoms with Crippen molar-refractivity contribution < 1.29 is 8.96 Å². The van der Waals surface area contributed by atoms with Crippen LogP contribution in [0.25, 0.3) is 49.0 Å². The molecule has 0 N–H and O–H groups in total. The SMILES string of the molecule is Cc1c(F)c(C)c2c(c1C)c1c3c(ccc4c5ccccc5n2c43)cc[n+]1C. The van der Waals surface area contributed by atoms with Crippen molar-refractivity contribution in [3.05, 3.63) is 71.2 Å². The van der Waals surface area contributed by atoms with Crippen molar-refractivity contribution in [1.29, 1.82) is 0 Å². The third kappa shape index (κ3) is 1.62. The van der Waals surface area contributed by atoms with E-state index >= 15 is 4.39 Å². The second-order valence-corrected chi connectivity index (χ2v) is 7.97. The molecular weight excluding hydrogens is 347 g/mol. The largest absolute Gasteiger partial charge is 0.307 e. The molecule has 6 rings (SSSR count). The predicted octanol–water partition coefficient (Wildman–Crippen LogP) is 5.88. The van der Waals surface area contributed by atoms with E-state index in [9.17, 15) is 0 Å². The Morgan fingerprint density at radius 3 is 2.39 bits per heavy atom. The molecule has 28 heavy (non-hydrogen) atoms. The second-order valence-electron chi connectivity index (χ2n) is 7.97.